The van der Waals surface area contributed by atoms with Crippen molar-refractivity contribution in [1.82, 2.24) is 19.8 Å². The summed E-state index contributed by atoms with van der Waals surface area (Å²) in [5.74, 6) is -2.41. The Labute approximate surface area is 270 Å². The summed E-state index contributed by atoms with van der Waals surface area (Å²) in [5.41, 5.74) is 0.892. The second-order valence-corrected chi connectivity index (χ2v) is 12.8. The number of halogens is 3. The Balaban J connectivity index is 1.33. The Morgan fingerprint density at radius 1 is 1.17 bits per heavy atom. The average Bonchev–Trinajstić information content (AvgIpc) is 3.79. The minimum absolute atomic E-state index is 0.00533. The highest BCUT2D eigenvalue weighted by Gasteiger charge is 2.45. The fourth-order valence-corrected chi connectivity index (χ4v) is 7.88. The molecule has 0 saturated carbocycles. The highest BCUT2D eigenvalue weighted by Crippen LogP contribution is 2.42. The summed E-state index contributed by atoms with van der Waals surface area (Å²) >= 11 is 6.58. The first-order valence-electron chi connectivity index (χ1n) is 15.7. The Morgan fingerprint density at radius 3 is 2.67 bits per heavy atom. The van der Waals surface area contributed by atoms with Crippen LogP contribution in [0.15, 0.2) is 55.0 Å². The molecule has 1 amide bonds. The number of carbonyl (C=O) groups is 1. The van der Waals surface area contributed by atoms with Crippen LogP contribution < -0.4 is 10.1 Å². The van der Waals surface area contributed by atoms with Crippen LogP contribution in [-0.4, -0.2) is 70.0 Å². The predicted octanol–water partition coefficient (Wildman–Crippen LogP) is 7.01. The predicted molar refractivity (Wildman–Crippen MR) is 174 cm³/mol. The lowest BCUT2D eigenvalue weighted by Crippen LogP contribution is -2.43. The van der Waals surface area contributed by atoms with E-state index in [1.807, 2.05) is 24.3 Å². The van der Waals surface area contributed by atoms with Gasteiger partial charge in [0.15, 0.2) is 11.6 Å². The van der Waals surface area contributed by atoms with Crippen molar-refractivity contribution in [2.24, 2.45) is 0 Å². The van der Waals surface area contributed by atoms with E-state index in [4.69, 9.17) is 16.3 Å². The molecule has 0 bridgehead atoms. The van der Waals surface area contributed by atoms with Crippen molar-refractivity contribution in [3.8, 4) is 23.2 Å². The van der Waals surface area contributed by atoms with Gasteiger partial charge in [0.1, 0.15) is 29.5 Å². The van der Waals surface area contributed by atoms with Crippen molar-refractivity contribution >= 4 is 44.9 Å². The molecule has 4 aromatic rings. The number of fused-ring (bicyclic) bond motifs is 3. The number of carbonyl (C=O) groups excluding carboxylic acids is 1. The summed E-state index contributed by atoms with van der Waals surface area (Å²) in [6.45, 7) is 6.11. The van der Waals surface area contributed by atoms with E-state index in [9.17, 15) is 14.4 Å². The Hall–Kier alpha value is -4.33. The first kappa shape index (κ1) is 30.3. The number of nitrogens with one attached hydrogen (secondary N) is 1. The summed E-state index contributed by atoms with van der Waals surface area (Å²) in [4.78, 5) is 25.5. The first-order valence-corrected chi connectivity index (χ1v) is 16.1. The molecule has 0 unspecified atom stereocenters. The van der Waals surface area contributed by atoms with Crippen LogP contribution in [0, 0.1) is 17.1 Å². The molecule has 46 heavy (non-hydrogen) atoms. The van der Waals surface area contributed by atoms with Gasteiger partial charge >= 0.3 is 0 Å². The minimum Gasteiger partial charge on any atom is -0.475 e. The van der Waals surface area contributed by atoms with Gasteiger partial charge < -0.3 is 15.0 Å². The van der Waals surface area contributed by atoms with Crippen LogP contribution in [0.25, 0.3) is 32.9 Å². The first-order chi connectivity index (χ1) is 22.3. The highest BCUT2D eigenvalue weighted by atomic mass is 35.5. The lowest BCUT2D eigenvalue weighted by molar-refractivity contribution is -0.129. The molecule has 5 heterocycles. The molecule has 2 aromatic heterocycles. The van der Waals surface area contributed by atoms with Gasteiger partial charge in [0, 0.05) is 46.7 Å². The smallest absolute Gasteiger partial charge is 0.282 e. The number of anilines is 1. The van der Waals surface area contributed by atoms with Gasteiger partial charge in [0.25, 0.3) is 5.91 Å². The number of benzene rings is 2. The van der Waals surface area contributed by atoms with E-state index in [1.165, 1.54) is 11.1 Å². The van der Waals surface area contributed by atoms with Crippen molar-refractivity contribution in [3.63, 3.8) is 0 Å². The number of amides is 1. The third kappa shape index (κ3) is 5.12. The van der Waals surface area contributed by atoms with Gasteiger partial charge in [-0.15, -0.1) is 0 Å². The number of aromatic nitrogens is 2. The van der Waals surface area contributed by atoms with Crippen molar-refractivity contribution in [2.45, 2.75) is 50.1 Å². The lowest BCUT2D eigenvalue weighted by Gasteiger charge is -2.31. The van der Waals surface area contributed by atoms with Crippen LogP contribution in [0.3, 0.4) is 0 Å². The summed E-state index contributed by atoms with van der Waals surface area (Å²) in [7, 11) is 0. The van der Waals surface area contributed by atoms with Crippen molar-refractivity contribution in [1.29, 1.82) is 5.26 Å². The molecule has 0 spiro atoms. The molecule has 1 atom stereocenters. The number of nitriles is 1. The zero-order valence-corrected chi connectivity index (χ0v) is 26.0. The Morgan fingerprint density at radius 2 is 1.93 bits per heavy atom. The minimum atomic E-state index is -1.02. The molecule has 0 radical (unpaired) electrons. The van der Waals surface area contributed by atoms with Crippen LogP contribution in [0.2, 0.25) is 5.02 Å². The normalized spacial score (nSPS) is 19.0. The second-order valence-electron chi connectivity index (χ2n) is 12.4. The number of hydrogen-bond donors (Lipinski definition) is 1. The summed E-state index contributed by atoms with van der Waals surface area (Å²) < 4.78 is 36.9. The number of pyridine rings is 2. The van der Waals surface area contributed by atoms with E-state index in [0.717, 1.165) is 44.2 Å². The SMILES string of the molecule is C=C(F)C(=O)N1CCC[C@H]1CNc1c(C#N)c(OCC23CCCN2CCC3)nc2c(F)c(-c3cccc4cccc(Cl)c34)ncc12. The zero-order chi connectivity index (χ0) is 32.0. The van der Waals surface area contributed by atoms with Crippen LogP contribution in [-0.2, 0) is 4.79 Å². The maximum atomic E-state index is 16.7. The van der Waals surface area contributed by atoms with E-state index in [0.29, 0.717) is 53.0 Å². The van der Waals surface area contributed by atoms with Crippen molar-refractivity contribution < 1.29 is 18.3 Å². The molecule has 1 N–H and O–H groups in total. The maximum Gasteiger partial charge on any atom is 0.282 e. The fourth-order valence-electron chi connectivity index (χ4n) is 7.60. The monoisotopic (exact) mass is 642 g/mol. The van der Waals surface area contributed by atoms with Gasteiger partial charge in [-0.1, -0.05) is 48.5 Å². The van der Waals surface area contributed by atoms with Gasteiger partial charge in [-0.2, -0.15) is 5.26 Å². The quantitative estimate of drug-likeness (QED) is 0.207. The lowest BCUT2D eigenvalue weighted by atomic mass is 9.95. The molecule has 3 saturated heterocycles. The number of ether oxygens (including phenoxy) is 1. The van der Waals surface area contributed by atoms with E-state index >= 15 is 4.39 Å². The van der Waals surface area contributed by atoms with E-state index < -0.39 is 17.6 Å². The number of nitrogens with zero attached hydrogens (tertiary/aromatic N) is 5. The van der Waals surface area contributed by atoms with Crippen molar-refractivity contribution in [3.05, 3.63) is 71.4 Å². The Bertz CT molecular complexity index is 1910. The summed E-state index contributed by atoms with van der Waals surface area (Å²) in [6.07, 6.45) is 6.97. The Kier molecular flexibility index (Phi) is 7.99. The number of likely N-dealkylation sites (tertiary alicyclic amines) is 1. The molecule has 8 nitrogen and oxygen atoms in total. The molecular weight excluding hydrogens is 610 g/mol. The fraction of sp³-hybridized carbons (Fsp3) is 0.371. The molecule has 236 valence electrons. The summed E-state index contributed by atoms with van der Waals surface area (Å²) in [6, 6.07) is 12.9. The van der Waals surface area contributed by atoms with Crippen molar-refractivity contribution in [2.75, 3.05) is 38.1 Å². The van der Waals surface area contributed by atoms with Gasteiger partial charge in [0.2, 0.25) is 5.88 Å². The van der Waals surface area contributed by atoms with Gasteiger partial charge in [-0.25, -0.2) is 13.8 Å². The van der Waals surface area contributed by atoms with Gasteiger partial charge in [0.05, 0.1) is 11.2 Å². The molecule has 3 aliphatic heterocycles. The van der Waals surface area contributed by atoms with Crippen LogP contribution >= 0.6 is 11.6 Å². The maximum absolute atomic E-state index is 16.7. The standard InChI is InChI=1S/C35H33ClF2N6O2/c1-21(37)34(45)44-16-4-9-23(44)18-40-30-25(17-39)33(46-20-35-12-5-14-43(35)15-6-13-35)42-32-26(30)19-41-31(29(32)38)24-10-2-7-22-8-3-11-27(36)28(22)24/h2-3,7-8,10-11,19,23H,1,4-6,9,12-16,18,20H2,(H,40,42)/t23-/m0/s1. The molecule has 7 rings (SSSR count). The van der Waals surface area contributed by atoms with E-state index in [1.54, 1.807) is 12.1 Å². The topological polar surface area (TPSA) is 94.4 Å². The van der Waals surface area contributed by atoms with E-state index in [2.05, 4.69) is 32.8 Å². The highest BCUT2D eigenvalue weighted by molar-refractivity contribution is 6.36. The van der Waals surface area contributed by atoms with Gasteiger partial charge in [-0.05, 0) is 63.1 Å². The molecule has 0 aliphatic carbocycles. The third-order valence-corrected chi connectivity index (χ3v) is 10.1. The third-order valence-electron chi connectivity index (χ3n) is 9.83. The van der Waals surface area contributed by atoms with E-state index in [-0.39, 0.29) is 40.8 Å². The average molecular weight is 643 g/mol. The molecule has 11 heteroatoms. The second kappa shape index (κ2) is 12.1. The molecule has 3 fully saturated rings. The molecule has 3 aliphatic rings. The summed E-state index contributed by atoms with van der Waals surface area (Å²) in [5, 5.41) is 16.0. The van der Waals surface area contributed by atoms with Gasteiger partial charge in [-0.3, -0.25) is 14.7 Å². The van der Waals surface area contributed by atoms with Crippen LogP contribution in [0.1, 0.15) is 44.1 Å². The molecule has 2 aromatic carbocycles. The number of hydrogen-bond acceptors (Lipinski definition) is 7. The van der Waals surface area contributed by atoms with Crippen LogP contribution in [0.5, 0.6) is 5.88 Å². The zero-order valence-electron chi connectivity index (χ0n) is 25.3. The van der Waals surface area contributed by atoms with Crippen LogP contribution in [0.4, 0.5) is 14.5 Å². The molecular formula is C35H33ClF2N6O2. The number of rotatable bonds is 8. The largest absolute Gasteiger partial charge is 0.475 e.